The molecule has 0 heterocycles. The summed E-state index contributed by atoms with van der Waals surface area (Å²) in [6.07, 6.45) is 0.680. The van der Waals surface area contributed by atoms with E-state index >= 15 is 0 Å². The molecule has 5 heteroatoms. The van der Waals surface area contributed by atoms with Crippen LogP contribution < -0.4 is 0 Å². The second-order valence-electron chi connectivity index (χ2n) is 4.03. The van der Waals surface area contributed by atoms with Crippen molar-refractivity contribution in [2.45, 2.75) is 38.7 Å². The van der Waals surface area contributed by atoms with Crippen LogP contribution in [-0.4, -0.2) is 41.0 Å². The van der Waals surface area contributed by atoms with Crippen LogP contribution in [0.3, 0.4) is 0 Å². The second-order valence-corrected chi connectivity index (χ2v) is 4.03. The molecule has 3 nitrogen and oxygen atoms in total. The van der Waals surface area contributed by atoms with E-state index in [-0.39, 0.29) is 0 Å². The van der Waals surface area contributed by atoms with Crippen LogP contribution in [0.2, 0.25) is 0 Å². The van der Waals surface area contributed by atoms with Crippen LogP contribution in [0.5, 0.6) is 0 Å². The van der Waals surface area contributed by atoms with E-state index in [2.05, 4.69) is 0 Å². The van der Waals surface area contributed by atoms with Crippen molar-refractivity contribution in [3.8, 4) is 0 Å². The van der Waals surface area contributed by atoms with Gasteiger partial charge < -0.3 is 5.11 Å². The summed E-state index contributed by atoms with van der Waals surface area (Å²) >= 11 is 0. The van der Waals surface area contributed by atoms with Crippen LogP contribution in [0.1, 0.15) is 27.2 Å². The zero-order chi connectivity index (χ0) is 11.6. The monoisotopic (exact) mass is 209 g/mol. The van der Waals surface area contributed by atoms with Gasteiger partial charge in [-0.2, -0.15) is 8.78 Å². The Labute approximate surface area is 82.7 Å². The number of hydrogen-bond donors (Lipinski definition) is 1. The second kappa shape index (κ2) is 4.21. The van der Waals surface area contributed by atoms with Gasteiger partial charge in [-0.25, -0.2) is 4.79 Å². The van der Waals surface area contributed by atoms with Gasteiger partial charge in [-0.05, 0) is 27.3 Å². The number of hydrogen-bond acceptors (Lipinski definition) is 2. The molecular formula is C9H17F2NO2. The van der Waals surface area contributed by atoms with Gasteiger partial charge in [0, 0.05) is 5.54 Å². The molecule has 84 valence electrons. The van der Waals surface area contributed by atoms with E-state index in [0.717, 1.165) is 0 Å². The minimum absolute atomic E-state index is 0.418. The Hall–Kier alpha value is -0.710. The molecule has 0 aliphatic rings. The van der Waals surface area contributed by atoms with Gasteiger partial charge in [0.25, 0.3) is 0 Å². The van der Waals surface area contributed by atoms with Crippen molar-refractivity contribution in [1.29, 1.82) is 0 Å². The van der Waals surface area contributed by atoms with Crippen LogP contribution in [-0.2, 0) is 4.79 Å². The molecule has 0 radical (unpaired) electrons. The maximum atomic E-state index is 12.8. The molecule has 0 aliphatic heterocycles. The molecule has 0 rings (SSSR count). The van der Waals surface area contributed by atoms with E-state index in [1.807, 2.05) is 6.92 Å². The number of carbonyl (C=O) groups is 1. The standard InChI is InChI=1S/C9H17F2NO2/c1-5-8(2,3)12(4)6-9(10,11)7(13)14/h5-6H2,1-4H3,(H,13,14). The predicted molar refractivity (Wildman–Crippen MR) is 49.6 cm³/mol. The van der Waals surface area contributed by atoms with Crippen LogP contribution in [0.15, 0.2) is 0 Å². The van der Waals surface area contributed by atoms with Crippen molar-refractivity contribution < 1.29 is 18.7 Å². The van der Waals surface area contributed by atoms with Gasteiger partial charge in [0.15, 0.2) is 0 Å². The zero-order valence-corrected chi connectivity index (χ0v) is 8.97. The van der Waals surface area contributed by atoms with Gasteiger partial charge in [0.05, 0.1) is 6.54 Å². The fraction of sp³-hybridized carbons (Fsp3) is 0.889. The average molecular weight is 209 g/mol. The summed E-state index contributed by atoms with van der Waals surface area (Å²) in [5.74, 6) is -5.75. The maximum absolute atomic E-state index is 12.8. The normalized spacial score (nSPS) is 13.4. The summed E-state index contributed by atoms with van der Waals surface area (Å²) in [7, 11) is 1.50. The first-order valence-corrected chi connectivity index (χ1v) is 4.46. The highest BCUT2D eigenvalue weighted by Gasteiger charge is 2.42. The smallest absolute Gasteiger partial charge is 0.375 e. The van der Waals surface area contributed by atoms with Crippen LogP contribution >= 0.6 is 0 Å². The highest BCUT2D eigenvalue weighted by atomic mass is 19.3. The van der Waals surface area contributed by atoms with Crippen molar-refractivity contribution in [1.82, 2.24) is 4.90 Å². The predicted octanol–water partition coefficient (Wildman–Crippen LogP) is 1.83. The van der Waals surface area contributed by atoms with Gasteiger partial charge in [-0.15, -0.1) is 0 Å². The molecule has 0 aromatic heterocycles. The first-order chi connectivity index (χ1) is 6.13. The Morgan fingerprint density at radius 2 is 1.86 bits per heavy atom. The molecule has 0 saturated heterocycles. The average Bonchev–Trinajstić information content (AvgIpc) is 2.03. The number of carboxylic acid groups (broad SMARTS) is 1. The Balaban J connectivity index is 4.46. The van der Waals surface area contributed by atoms with E-state index < -0.39 is 24.0 Å². The lowest BCUT2D eigenvalue weighted by Crippen LogP contribution is -2.49. The quantitative estimate of drug-likeness (QED) is 0.751. The van der Waals surface area contributed by atoms with Gasteiger partial charge in [0.1, 0.15) is 0 Å². The SMILES string of the molecule is CCC(C)(C)N(C)CC(F)(F)C(=O)O. The van der Waals surface area contributed by atoms with Crippen LogP contribution in [0.4, 0.5) is 8.78 Å². The van der Waals surface area contributed by atoms with Crippen molar-refractivity contribution in [3.63, 3.8) is 0 Å². The largest absolute Gasteiger partial charge is 0.477 e. The minimum atomic E-state index is -3.68. The maximum Gasteiger partial charge on any atom is 0.375 e. The highest BCUT2D eigenvalue weighted by molar-refractivity contribution is 5.75. The molecule has 0 aromatic rings. The highest BCUT2D eigenvalue weighted by Crippen LogP contribution is 2.22. The minimum Gasteiger partial charge on any atom is -0.477 e. The van der Waals surface area contributed by atoms with Crippen LogP contribution in [0, 0.1) is 0 Å². The van der Waals surface area contributed by atoms with E-state index in [1.165, 1.54) is 11.9 Å². The van der Waals surface area contributed by atoms with E-state index in [0.29, 0.717) is 6.42 Å². The molecule has 1 N–H and O–H groups in total. The number of nitrogens with zero attached hydrogens (tertiary/aromatic N) is 1. The van der Waals surface area contributed by atoms with Gasteiger partial charge >= 0.3 is 11.9 Å². The van der Waals surface area contributed by atoms with Crippen molar-refractivity contribution in [2.24, 2.45) is 0 Å². The van der Waals surface area contributed by atoms with Crippen molar-refractivity contribution >= 4 is 5.97 Å². The molecule has 0 aliphatic carbocycles. The van der Waals surface area contributed by atoms with E-state index in [1.54, 1.807) is 13.8 Å². The fourth-order valence-electron chi connectivity index (χ4n) is 0.849. The Kier molecular flexibility index (Phi) is 4.00. The molecule has 0 fully saturated rings. The summed E-state index contributed by atoms with van der Waals surface area (Å²) in [4.78, 5) is 11.6. The number of halogens is 2. The molecule has 0 spiro atoms. The third kappa shape index (κ3) is 3.21. The zero-order valence-electron chi connectivity index (χ0n) is 8.97. The number of carboxylic acids is 1. The molecule has 0 amide bonds. The third-order valence-corrected chi connectivity index (χ3v) is 2.65. The van der Waals surface area contributed by atoms with E-state index in [4.69, 9.17) is 5.11 Å². The molecule has 0 bridgehead atoms. The van der Waals surface area contributed by atoms with Crippen molar-refractivity contribution in [2.75, 3.05) is 13.6 Å². The molecule has 0 aromatic carbocycles. The molecule has 0 unspecified atom stereocenters. The molecular weight excluding hydrogens is 192 g/mol. The molecule has 0 atom stereocenters. The van der Waals surface area contributed by atoms with Gasteiger partial charge in [-0.3, -0.25) is 4.90 Å². The lowest BCUT2D eigenvalue weighted by Gasteiger charge is -2.35. The summed E-state index contributed by atoms with van der Waals surface area (Å²) < 4.78 is 25.6. The summed E-state index contributed by atoms with van der Waals surface area (Å²) in [5, 5.41) is 8.25. The van der Waals surface area contributed by atoms with Crippen molar-refractivity contribution in [3.05, 3.63) is 0 Å². The Bertz CT molecular complexity index is 217. The lowest BCUT2D eigenvalue weighted by atomic mass is 9.99. The lowest BCUT2D eigenvalue weighted by molar-refractivity contribution is -0.168. The van der Waals surface area contributed by atoms with Gasteiger partial charge in [0.2, 0.25) is 0 Å². The number of aliphatic carboxylic acids is 1. The van der Waals surface area contributed by atoms with Crippen LogP contribution in [0.25, 0.3) is 0 Å². The Morgan fingerprint density at radius 1 is 1.43 bits per heavy atom. The molecule has 14 heavy (non-hydrogen) atoms. The summed E-state index contributed by atoms with van der Waals surface area (Å²) in [5.41, 5.74) is -0.418. The Morgan fingerprint density at radius 3 is 2.14 bits per heavy atom. The fourth-order valence-corrected chi connectivity index (χ4v) is 0.849. The summed E-state index contributed by atoms with van der Waals surface area (Å²) in [6, 6.07) is 0. The first-order valence-electron chi connectivity index (χ1n) is 4.46. The summed E-state index contributed by atoms with van der Waals surface area (Å²) in [6.45, 7) is 4.70. The van der Waals surface area contributed by atoms with Gasteiger partial charge in [-0.1, -0.05) is 6.92 Å². The van der Waals surface area contributed by atoms with E-state index in [9.17, 15) is 13.6 Å². The number of rotatable bonds is 5. The molecule has 0 saturated carbocycles. The topological polar surface area (TPSA) is 40.5 Å². The number of alkyl halides is 2. The first kappa shape index (κ1) is 13.3. The third-order valence-electron chi connectivity index (χ3n) is 2.65.